The molecular formula is C12H18Cl2N2O2S2. The summed E-state index contributed by atoms with van der Waals surface area (Å²) in [5.41, 5.74) is 0. The second-order valence-electron chi connectivity index (χ2n) is 4.44. The lowest BCUT2D eigenvalue weighted by atomic mass is 10.2. The average molecular weight is 357 g/mol. The molecule has 2 N–H and O–H groups in total. The summed E-state index contributed by atoms with van der Waals surface area (Å²) < 4.78 is 26.9. The van der Waals surface area contributed by atoms with Crippen molar-refractivity contribution in [3.05, 3.63) is 23.2 Å². The summed E-state index contributed by atoms with van der Waals surface area (Å²) in [6.45, 7) is 1.38. The maximum absolute atomic E-state index is 12.1. The Labute approximate surface area is 135 Å². The molecule has 1 aromatic rings. The highest BCUT2D eigenvalue weighted by molar-refractivity contribution is 7.98. The van der Waals surface area contributed by atoms with Crippen LogP contribution in [0.4, 0.5) is 0 Å². The maximum atomic E-state index is 12.1. The molecule has 0 aliphatic carbocycles. The van der Waals surface area contributed by atoms with Crippen molar-refractivity contribution in [3.63, 3.8) is 0 Å². The summed E-state index contributed by atoms with van der Waals surface area (Å²) in [4.78, 5) is 1.09. The molecular weight excluding hydrogens is 339 g/mol. The van der Waals surface area contributed by atoms with Crippen LogP contribution in [0.5, 0.6) is 0 Å². The Morgan fingerprint density at radius 2 is 2.25 bits per heavy atom. The number of benzene rings is 1. The summed E-state index contributed by atoms with van der Waals surface area (Å²) in [5.74, 6) is 0. The fourth-order valence-electron chi connectivity index (χ4n) is 2.04. The number of thioether (sulfide) groups is 1. The minimum Gasteiger partial charge on any atom is -0.313 e. The van der Waals surface area contributed by atoms with Crippen molar-refractivity contribution in [3.8, 4) is 0 Å². The molecule has 0 saturated carbocycles. The van der Waals surface area contributed by atoms with Crippen LogP contribution in [0.15, 0.2) is 28.0 Å². The smallest absolute Gasteiger partial charge is 0.240 e. The van der Waals surface area contributed by atoms with E-state index in [9.17, 15) is 8.42 Å². The summed E-state index contributed by atoms with van der Waals surface area (Å²) in [6.07, 6.45) is 4.01. The van der Waals surface area contributed by atoms with Gasteiger partial charge in [-0.2, -0.15) is 0 Å². The first-order chi connectivity index (χ1) is 9.03. The van der Waals surface area contributed by atoms with Crippen LogP contribution in [0.1, 0.15) is 12.8 Å². The number of nitrogens with one attached hydrogen (secondary N) is 2. The molecule has 0 radical (unpaired) electrons. The van der Waals surface area contributed by atoms with E-state index in [1.54, 1.807) is 12.1 Å². The first kappa shape index (κ1) is 18.1. The highest BCUT2D eigenvalue weighted by Crippen LogP contribution is 2.27. The molecule has 0 bridgehead atoms. The first-order valence-corrected chi connectivity index (χ1v) is 9.18. The number of halogens is 2. The van der Waals surface area contributed by atoms with E-state index in [0.717, 1.165) is 24.3 Å². The van der Waals surface area contributed by atoms with Crippen LogP contribution in [-0.4, -0.2) is 33.8 Å². The molecule has 4 nitrogen and oxygen atoms in total. The average Bonchev–Trinajstić information content (AvgIpc) is 2.89. The number of sulfonamides is 1. The lowest BCUT2D eigenvalue weighted by Crippen LogP contribution is -2.37. The zero-order chi connectivity index (χ0) is 13.9. The van der Waals surface area contributed by atoms with Crippen molar-refractivity contribution in [2.45, 2.75) is 28.7 Å². The zero-order valence-corrected chi connectivity index (χ0v) is 14.3. The normalized spacial score (nSPS) is 18.8. The van der Waals surface area contributed by atoms with Crippen molar-refractivity contribution in [1.82, 2.24) is 10.0 Å². The molecule has 0 spiro atoms. The summed E-state index contributed by atoms with van der Waals surface area (Å²) in [6, 6.07) is 5.05. The molecule has 1 unspecified atom stereocenters. The molecule has 1 fully saturated rings. The molecule has 1 aromatic carbocycles. The van der Waals surface area contributed by atoms with Crippen molar-refractivity contribution in [2.24, 2.45) is 0 Å². The zero-order valence-electron chi connectivity index (χ0n) is 11.1. The van der Waals surface area contributed by atoms with E-state index in [4.69, 9.17) is 11.6 Å². The molecule has 114 valence electrons. The van der Waals surface area contributed by atoms with Crippen LogP contribution in [0, 0.1) is 0 Å². The van der Waals surface area contributed by atoms with Gasteiger partial charge in [-0.3, -0.25) is 0 Å². The minimum atomic E-state index is -3.48. The molecule has 0 amide bonds. The number of rotatable bonds is 5. The molecule has 0 aromatic heterocycles. The standard InChI is InChI=1S/C12H17ClN2O2S2.ClH/c1-18-12-5-4-10(7-11(12)13)19(16,17)15-8-9-3-2-6-14-9;/h4-5,7,9,14-15H,2-3,6,8H2,1H3;1H. The molecule has 1 aliphatic rings. The fraction of sp³-hybridized carbons (Fsp3) is 0.500. The van der Waals surface area contributed by atoms with Gasteiger partial charge in [-0.15, -0.1) is 24.2 Å². The largest absolute Gasteiger partial charge is 0.313 e. The highest BCUT2D eigenvalue weighted by atomic mass is 35.5. The maximum Gasteiger partial charge on any atom is 0.240 e. The van der Waals surface area contributed by atoms with E-state index in [-0.39, 0.29) is 23.3 Å². The van der Waals surface area contributed by atoms with E-state index in [1.165, 1.54) is 17.8 Å². The van der Waals surface area contributed by atoms with Crippen molar-refractivity contribution in [2.75, 3.05) is 19.3 Å². The second kappa shape index (κ2) is 7.87. The topological polar surface area (TPSA) is 58.2 Å². The van der Waals surface area contributed by atoms with Gasteiger partial charge in [0, 0.05) is 17.5 Å². The molecule has 1 atom stereocenters. The Hall–Kier alpha value is 0.0200. The van der Waals surface area contributed by atoms with E-state index >= 15 is 0 Å². The van der Waals surface area contributed by atoms with Crippen molar-refractivity contribution < 1.29 is 8.42 Å². The van der Waals surface area contributed by atoms with Gasteiger partial charge < -0.3 is 5.32 Å². The third kappa shape index (κ3) is 4.51. The van der Waals surface area contributed by atoms with Crippen LogP contribution < -0.4 is 10.0 Å². The number of hydrogen-bond acceptors (Lipinski definition) is 4. The Bertz CT molecular complexity index is 546. The van der Waals surface area contributed by atoms with Gasteiger partial charge in [-0.05, 0) is 43.8 Å². The molecule has 1 saturated heterocycles. The molecule has 1 heterocycles. The van der Waals surface area contributed by atoms with Gasteiger partial charge in [-0.25, -0.2) is 13.1 Å². The van der Waals surface area contributed by atoms with Crippen LogP contribution in [0.25, 0.3) is 0 Å². The minimum absolute atomic E-state index is 0. The van der Waals surface area contributed by atoms with Gasteiger partial charge in [0.05, 0.1) is 9.92 Å². The number of hydrogen-bond donors (Lipinski definition) is 2. The predicted molar refractivity (Wildman–Crippen MR) is 86.7 cm³/mol. The van der Waals surface area contributed by atoms with Gasteiger partial charge in [0.1, 0.15) is 0 Å². The van der Waals surface area contributed by atoms with Crippen molar-refractivity contribution in [1.29, 1.82) is 0 Å². The summed E-state index contributed by atoms with van der Waals surface area (Å²) in [5, 5.41) is 3.72. The summed E-state index contributed by atoms with van der Waals surface area (Å²) >= 11 is 7.53. The lowest BCUT2D eigenvalue weighted by Gasteiger charge is -2.12. The molecule has 20 heavy (non-hydrogen) atoms. The Kier molecular flexibility index (Phi) is 7.11. The summed E-state index contributed by atoms with van der Waals surface area (Å²) in [7, 11) is -3.48. The van der Waals surface area contributed by atoms with Crippen LogP contribution in [-0.2, 0) is 10.0 Å². The quantitative estimate of drug-likeness (QED) is 0.795. The highest BCUT2D eigenvalue weighted by Gasteiger charge is 2.19. The monoisotopic (exact) mass is 356 g/mol. The van der Waals surface area contributed by atoms with Crippen molar-refractivity contribution >= 4 is 45.8 Å². The SMILES string of the molecule is CSc1ccc(S(=O)(=O)NCC2CCCN2)cc1Cl.Cl. The molecule has 8 heteroatoms. The third-order valence-electron chi connectivity index (χ3n) is 3.12. The second-order valence-corrected chi connectivity index (χ2v) is 7.46. The Balaban J connectivity index is 0.00000200. The fourth-order valence-corrected chi connectivity index (χ4v) is 4.08. The van der Waals surface area contributed by atoms with Crippen LogP contribution >= 0.6 is 35.8 Å². The van der Waals surface area contributed by atoms with Crippen LogP contribution in [0.2, 0.25) is 5.02 Å². The predicted octanol–water partition coefficient (Wildman–Crippen LogP) is 2.51. The van der Waals surface area contributed by atoms with Gasteiger partial charge >= 0.3 is 0 Å². The lowest BCUT2D eigenvalue weighted by molar-refractivity contribution is 0.552. The first-order valence-electron chi connectivity index (χ1n) is 6.09. The van der Waals surface area contributed by atoms with Gasteiger partial charge in [0.2, 0.25) is 10.0 Å². The Morgan fingerprint density at radius 1 is 1.50 bits per heavy atom. The Morgan fingerprint density at radius 3 is 2.80 bits per heavy atom. The molecule has 2 rings (SSSR count). The van der Waals surface area contributed by atoms with Gasteiger partial charge in [0.15, 0.2) is 0 Å². The van der Waals surface area contributed by atoms with E-state index in [2.05, 4.69) is 10.0 Å². The third-order valence-corrected chi connectivity index (χ3v) is 5.76. The van der Waals surface area contributed by atoms with Crippen LogP contribution in [0.3, 0.4) is 0 Å². The van der Waals surface area contributed by atoms with E-state index in [0.29, 0.717) is 11.6 Å². The van der Waals surface area contributed by atoms with E-state index in [1.807, 2.05) is 6.26 Å². The van der Waals surface area contributed by atoms with E-state index < -0.39 is 10.0 Å². The van der Waals surface area contributed by atoms with Gasteiger partial charge in [0.25, 0.3) is 0 Å². The van der Waals surface area contributed by atoms with Gasteiger partial charge in [-0.1, -0.05) is 11.6 Å². The molecule has 1 aliphatic heterocycles.